The van der Waals surface area contributed by atoms with Crippen molar-refractivity contribution in [2.75, 3.05) is 32.1 Å². The number of anilines is 1. The number of rotatable bonds is 3. The highest BCUT2D eigenvalue weighted by molar-refractivity contribution is 9.10. The first-order valence-electron chi connectivity index (χ1n) is 6.37. The van der Waals surface area contributed by atoms with Crippen LogP contribution in [0.25, 0.3) is 0 Å². The molecular weight excluding hydrogens is 356 g/mol. The van der Waals surface area contributed by atoms with Crippen molar-refractivity contribution in [3.05, 3.63) is 28.2 Å². The average molecular weight is 376 g/mol. The maximum atomic E-state index is 3.58. The van der Waals surface area contributed by atoms with Gasteiger partial charge in [-0.15, -0.1) is 0 Å². The average Bonchev–Trinajstić information content (AvgIpc) is 2.38. The molecule has 1 unspecified atom stereocenters. The van der Waals surface area contributed by atoms with Crippen molar-refractivity contribution in [2.45, 2.75) is 24.2 Å². The molecule has 2 rings (SSSR count). The molecule has 1 aromatic rings. The van der Waals surface area contributed by atoms with Crippen LogP contribution in [0.4, 0.5) is 5.69 Å². The van der Waals surface area contributed by atoms with E-state index in [0.717, 1.165) is 16.3 Å². The molecular formula is C14H20Br2N2. The highest BCUT2D eigenvalue weighted by Crippen LogP contribution is 2.29. The van der Waals surface area contributed by atoms with E-state index in [1.807, 2.05) is 0 Å². The normalized spacial score (nSPS) is 21.0. The highest BCUT2D eigenvalue weighted by atomic mass is 79.9. The molecule has 0 bridgehead atoms. The maximum Gasteiger partial charge on any atom is 0.0419 e. The molecule has 1 aromatic carbocycles. The third-order valence-electron chi connectivity index (χ3n) is 3.72. The second-order valence-corrected chi connectivity index (χ2v) is 6.55. The van der Waals surface area contributed by atoms with E-state index in [1.54, 1.807) is 0 Å². The minimum absolute atomic E-state index is 0.621. The SMILES string of the molecule is CN1CCCC(N(C)c2cc(Br)ccc2CBr)C1. The number of piperidine rings is 1. The van der Waals surface area contributed by atoms with Crippen LogP contribution in [-0.4, -0.2) is 38.1 Å². The Hall–Kier alpha value is -0.0600. The Balaban J connectivity index is 2.21. The summed E-state index contributed by atoms with van der Waals surface area (Å²) in [6.07, 6.45) is 2.58. The van der Waals surface area contributed by atoms with E-state index < -0.39 is 0 Å². The third-order valence-corrected chi connectivity index (χ3v) is 4.82. The zero-order valence-electron chi connectivity index (χ0n) is 11.0. The number of hydrogen-bond donors (Lipinski definition) is 0. The first-order chi connectivity index (χ1) is 8.61. The highest BCUT2D eigenvalue weighted by Gasteiger charge is 2.22. The summed E-state index contributed by atoms with van der Waals surface area (Å²) in [4.78, 5) is 4.87. The van der Waals surface area contributed by atoms with Crippen LogP contribution in [0.3, 0.4) is 0 Å². The van der Waals surface area contributed by atoms with Gasteiger partial charge >= 0.3 is 0 Å². The molecule has 0 saturated carbocycles. The molecule has 18 heavy (non-hydrogen) atoms. The van der Waals surface area contributed by atoms with Gasteiger partial charge in [-0.3, -0.25) is 0 Å². The van der Waals surface area contributed by atoms with Crippen LogP contribution in [0.5, 0.6) is 0 Å². The Bertz CT molecular complexity index is 409. The van der Waals surface area contributed by atoms with Crippen molar-refractivity contribution in [3.8, 4) is 0 Å². The van der Waals surface area contributed by atoms with Crippen molar-refractivity contribution in [1.29, 1.82) is 0 Å². The Morgan fingerprint density at radius 3 is 2.89 bits per heavy atom. The van der Waals surface area contributed by atoms with Gasteiger partial charge in [-0.2, -0.15) is 0 Å². The second-order valence-electron chi connectivity index (χ2n) is 5.08. The molecule has 0 N–H and O–H groups in total. The van der Waals surface area contributed by atoms with Gasteiger partial charge in [0.05, 0.1) is 0 Å². The van der Waals surface area contributed by atoms with Gasteiger partial charge in [0.2, 0.25) is 0 Å². The molecule has 1 aliphatic rings. The van der Waals surface area contributed by atoms with Gasteiger partial charge in [-0.25, -0.2) is 0 Å². The summed E-state index contributed by atoms with van der Waals surface area (Å²) in [7, 11) is 4.43. The lowest BCUT2D eigenvalue weighted by molar-refractivity contribution is 0.248. The molecule has 2 nitrogen and oxygen atoms in total. The predicted octanol–water partition coefficient (Wildman–Crippen LogP) is 3.87. The van der Waals surface area contributed by atoms with Crippen LogP contribution in [0.2, 0.25) is 0 Å². The summed E-state index contributed by atoms with van der Waals surface area (Å²) >= 11 is 7.16. The van der Waals surface area contributed by atoms with E-state index in [-0.39, 0.29) is 0 Å². The molecule has 1 atom stereocenters. The topological polar surface area (TPSA) is 6.48 Å². The van der Waals surface area contributed by atoms with Gasteiger partial charge in [0, 0.05) is 35.1 Å². The summed E-state index contributed by atoms with van der Waals surface area (Å²) in [6, 6.07) is 7.15. The first kappa shape index (κ1) is 14.4. The first-order valence-corrected chi connectivity index (χ1v) is 8.29. The van der Waals surface area contributed by atoms with Crippen LogP contribution < -0.4 is 4.90 Å². The summed E-state index contributed by atoms with van der Waals surface area (Å²) in [5, 5.41) is 0.905. The zero-order chi connectivity index (χ0) is 13.1. The minimum Gasteiger partial charge on any atom is -0.370 e. The summed E-state index contributed by atoms with van der Waals surface area (Å²) in [6.45, 7) is 2.39. The van der Waals surface area contributed by atoms with E-state index in [0.29, 0.717) is 6.04 Å². The summed E-state index contributed by atoms with van der Waals surface area (Å²) in [5.41, 5.74) is 2.69. The number of nitrogens with zero attached hydrogens (tertiary/aromatic N) is 2. The van der Waals surface area contributed by atoms with Crippen LogP contribution in [0, 0.1) is 0 Å². The predicted molar refractivity (Wildman–Crippen MR) is 85.7 cm³/mol. The monoisotopic (exact) mass is 374 g/mol. The standard InChI is InChI=1S/C14H20Br2N2/c1-17-7-3-4-13(10-17)18(2)14-8-12(16)6-5-11(14)9-15/h5-6,8,13H,3-4,7,9-10H2,1-2H3. The molecule has 0 amide bonds. The van der Waals surface area contributed by atoms with Crippen LogP contribution in [-0.2, 0) is 5.33 Å². The number of halogens is 2. The van der Waals surface area contributed by atoms with Gasteiger partial charge in [0.25, 0.3) is 0 Å². The zero-order valence-corrected chi connectivity index (χ0v) is 14.2. The minimum atomic E-state index is 0.621. The molecule has 1 aliphatic heterocycles. The Morgan fingerprint density at radius 1 is 1.44 bits per heavy atom. The van der Waals surface area contributed by atoms with Crippen LogP contribution in [0.15, 0.2) is 22.7 Å². The Kier molecular flexibility index (Phi) is 5.10. The fourth-order valence-corrected chi connectivity index (χ4v) is 3.45. The molecule has 1 fully saturated rings. The van der Waals surface area contributed by atoms with Crippen molar-refractivity contribution >= 4 is 37.5 Å². The number of likely N-dealkylation sites (tertiary alicyclic amines) is 1. The van der Waals surface area contributed by atoms with Gasteiger partial charge < -0.3 is 9.80 Å². The molecule has 100 valence electrons. The number of likely N-dealkylation sites (N-methyl/N-ethyl adjacent to an activating group) is 2. The van der Waals surface area contributed by atoms with E-state index in [9.17, 15) is 0 Å². The lowest BCUT2D eigenvalue weighted by Gasteiger charge is -2.38. The van der Waals surface area contributed by atoms with E-state index in [4.69, 9.17) is 0 Å². The smallest absolute Gasteiger partial charge is 0.0419 e. The van der Waals surface area contributed by atoms with E-state index >= 15 is 0 Å². The number of benzene rings is 1. The van der Waals surface area contributed by atoms with Crippen LogP contribution >= 0.6 is 31.9 Å². The maximum absolute atomic E-state index is 3.58. The largest absolute Gasteiger partial charge is 0.370 e. The van der Waals surface area contributed by atoms with E-state index in [2.05, 4.69) is 74.0 Å². The lowest BCUT2D eigenvalue weighted by atomic mass is 10.0. The van der Waals surface area contributed by atoms with Gasteiger partial charge in [0.15, 0.2) is 0 Å². The molecule has 0 aliphatic carbocycles. The molecule has 0 radical (unpaired) electrons. The molecule has 4 heteroatoms. The van der Waals surface area contributed by atoms with Crippen molar-refractivity contribution < 1.29 is 0 Å². The quantitative estimate of drug-likeness (QED) is 0.739. The molecule has 0 spiro atoms. The molecule has 0 aromatic heterocycles. The Morgan fingerprint density at radius 2 is 2.22 bits per heavy atom. The van der Waals surface area contributed by atoms with E-state index in [1.165, 1.54) is 30.6 Å². The lowest BCUT2D eigenvalue weighted by Crippen LogP contribution is -2.45. The fraction of sp³-hybridized carbons (Fsp3) is 0.571. The molecule has 1 saturated heterocycles. The van der Waals surface area contributed by atoms with Crippen LogP contribution in [0.1, 0.15) is 18.4 Å². The van der Waals surface area contributed by atoms with Gasteiger partial charge in [0.1, 0.15) is 0 Å². The van der Waals surface area contributed by atoms with Crippen molar-refractivity contribution in [2.24, 2.45) is 0 Å². The second kappa shape index (κ2) is 6.40. The van der Waals surface area contributed by atoms with Crippen molar-refractivity contribution in [3.63, 3.8) is 0 Å². The van der Waals surface area contributed by atoms with Gasteiger partial charge in [-0.05, 0) is 44.1 Å². The summed E-state index contributed by atoms with van der Waals surface area (Å²) in [5.74, 6) is 0. The van der Waals surface area contributed by atoms with Crippen molar-refractivity contribution in [1.82, 2.24) is 4.90 Å². The number of alkyl halides is 1. The number of hydrogen-bond acceptors (Lipinski definition) is 2. The molecule has 1 heterocycles. The fourth-order valence-electron chi connectivity index (χ4n) is 2.63. The third kappa shape index (κ3) is 3.28. The summed E-state index contributed by atoms with van der Waals surface area (Å²) < 4.78 is 1.15. The van der Waals surface area contributed by atoms with Gasteiger partial charge in [-0.1, -0.05) is 37.9 Å². The Labute approximate surface area is 127 Å².